The van der Waals surface area contributed by atoms with Crippen LogP contribution < -0.4 is 10.5 Å². The summed E-state index contributed by atoms with van der Waals surface area (Å²) in [6.07, 6.45) is -4.34. The van der Waals surface area contributed by atoms with E-state index in [1.165, 1.54) is 32.2 Å². The number of aliphatic hydroxyl groups is 2. The minimum Gasteiger partial charge on any atom is -0.507 e. The number of nitrogens with zero attached hydrogens (tertiary/aromatic N) is 1. The number of aliphatic hydroxyl groups excluding tert-OH is 1. The van der Waals surface area contributed by atoms with Gasteiger partial charge in [0, 0.05) is 42.0 Å². The predicted octanol–water partition coefficient (Wildman–Crippen LogP) is 1.71. The quantitative estimate of drug-likeness (QED) is 0.114. The number of hydrogen-bond donors (Lipinski definition) is 6. The van der Waals surface area contributed by atoms with Crippen molar-refractivity contribution in [2.24, 2.45) is 10.9 Å². The Morgan fingerprint density at radius 1 is 1.15 bits per heavy atom. The number of rotatable bonds is 4. The molecule has 2 aliphatic carbocycles. The molecule has 2 aromatic carbocycles. The fourth-order valence-corrected chi connectivity index (χ4v) is 5.76. The molecule has 40 heavy (non-hydrogen) atoms. The summed E-state index contributed by atoms with van der Waals surface area (Å²) in [6.45, 7) is 2.99. The first kappa shape index (κ1) is 29.7. The smallest absolute Gasteiger partial charge is 0.202 e. The number of oxime groups is 1. The van der Waals surface area contributed by atoms with Crippen molar-refractivity contribution in [3.63, 3.8) is 0 Å². The first-order chi connectivity index (χ1) is 18.4. The largest absolute Gasteiger partial charge is 0.507 e. The van der Waals surface area contributed by atoms with Crippen LogP contribution in [0.3, 0.4) is 0 Å². The summed E-state index contributed by atoms with van der Waals surface area (Å²) in [4.78, 5) is 27.2. The molecule has 4 unspecified atom stereocenters. The number of phenolic OH excluding ortho intramolecular Hbond substituents is 2. The number of carbonyl (C=O) groups is 2. The Hall–Kier alpha value is -3.26. The Balaban J connectivity index is 0.00000370. The Morgan fingerprint density at radius 2 is 1.82 bits per heavy atom. The van der Waals surface area contributed by atoms with Gasteiger partial charge in [-0.2, -0.15) is 0 Å². The third-order valence-corrected chi connectivity index (χ3v) is 7.97. The first-order valence-electron chi connectivity index (χ1n) is 12.5. The van der Waals surface area contributed by atoms with Gasteiger partial charge in [-0.1, -0.05) is 17.3 Å². The highest BCUT2D eigenvalue weighted by molar-refractivity contribution is 6.31. The average molecular weight is 579 g/mol. The molecule has 0 spiro atoms. The van der Waals surface area contributed by atoms with Crippen molar-refractivity contribution in [3.8, 4) is 17.2 Å². The molecule has 7 N–H and O–H groups in total. The molecule has 216 valence electrons. The topological polar surface area (TPSA) is 201 Å². The second-order valence-corrected chi connectivity index (χ2v) is 10.3. The molecule has 0 saturated carbocycles. The van der Waals surface area contributed by atoms with Crippen molar-refractivity contribution in [2.45, 2.75) is 69.4 Å². The number of benzene rings is 2. The number of ketones is 2. The van der Waals surface area contributed by atoms with Gasteiger partial charge in [-0.15, -0.1) is 12.4 Å². The molecular weight excluding hydrogens is 548 g/mol. The van der Waals surface area contributed by atoms with Crippen LogP contribution in [0.25, 0.3) is 0 Å². The van der Waals surface area contributed by atoms with Crippen LogP contribution in [-0.4, -0.2) is 80.2 Å². The van der Waals surface area contributed by atoms with Crippen LogP contribution in [0.4, 0.5) is 0 Å². The number of halogens is 1. The number of aromatic hydroxyl groups is 2. The Kier molecular flexibility index (Phi) is 7.89. The van der Waals surface area contributed by atoms with Gasteiger partial charge in [0.25, 0.3) is 0 Å². The van der Waals surface area contributed by atoms with Crippen LogP contribution in [0.5, 0.6) is 17.2 Å². The first-order valence-corrected chi connectivity index (χ1v) is 12.5. The van der Waals surface area contributed by atoms with Crippen molar-refractivity contribution in [1.82, 2.24) is 0 Å². The molecule has 1 saturated heterocycles. The zero-order chi connectivity index (χ0) is 28.4. The van der Waals surface area contributed by atoms with Gasteiger partial charge in [-0.3, -0.25) is 9.59 Å². The van der Waals surface area contributed by atoms with E-state index < -0.39 is 70.4 Å². The van der Waals surface area contributed by atoms with Gasteiger partial charge >= 0.3 is 0 Å². The molecule has 5 rings (SSSR count). The van der Waals surface area contributed by atoms with Crippen LogP contribution in [0.1, 0.15) is 75.8 Å². The Morgan fingerprint density at radius 3 is 2.45 bits per heavy atom. The third-order valence-electron chi connectivity index (χ3n) is 7.97. The monoisotopic (exact) mass is 578 g/mol. The van der Waals surface area contributed by atoms with Crippen molar-refractivity contribution in [2.75, 3.05) is 7.11 Å². The molecule has 12 nitrogen and oxygen atoms in total. The predicted molar refractivity (Wildman–Crippen MR) is 142 cm³/mol. The van der Waals surface area contributed by atoms with E-state index in [0.29, 0.717) is 0 Å². The van der Waals surface area contributed by atoms with Gasteiger partial charge in [0.2, 0.25) is 5.78 Å². The summed E-state index contributed by atoms with van der Waals surface area (Å²) in [5.74, 6) is -2.51. The summed E-state index contributed by atoms with van der Waals surface area (Å²) >= 11 is 0. The lowest BCUT2D eigenvalue weighted by Gasteiger charge is -2.42. The van der Waals surface area contributed by atoms with Crippen molar-refractivity contribution >= 4 is 29.7 Å². The molecule has 6 atom stereocenters. The Labute approximate surface area is 235 Å². The van der Waals surface area contributed by atoms with E-state index >= 15 is 0 Å². The van der Waals surface area contributed by atoms with Gasteiger partial charge in [-0.05, 0) is 19.9 Å². The second kappa shape index (κ2) is 10.6. The van der Waals surface area contributed by atoms with Gasteiger partial charge < -0.3 is 45.6 Å². The normalized spacial score (nSPS) is 29.6. The number of ether oxygens (including phenoxy) is 3. The molecule has 13 heteroatoms. The molecular formula is C27H31ClN2O10. The lowest BCUT2D eigenvalue weighted by Crippen LogP contribution is -2.52. The molecule has 1 fully saturated rings. The molecule has 0 aromatic heterocycles. The van der Waals surface area contributed by atoms with Crippen molar-refractivity contribution < 1.29 is 49.4 Å². The fourth-order valence-electron chi connectivity index (χ4n) is 5.76. The van der Waals surface area contributed by atoms with Crippen LogP contribution >= 0.6 is 12.4 Å². The van der Waals surface area contributed by atoms with E-state index in [2.05, 4.69) is 5.16 Å². The highest BCUT2D eigenvalue weighted by Gasteiger charge is 2.49. The maximum absolute atomic E-state index is 13.7. The standard InChI is InChI=1S/C27H30N2O10.ClH/c1-10-22(30)14(28)7-17(38-10)39-16-9-27(35,11(2)29-36)8-13-19(16)26(34)21-20(24(13)32)23(31)12-5-4-6-15(37-3)18(12)25(21)33;/h4-6,10,14,16-17,22,30,32,34-36H,7-9,28H2,1-3H3;1H/b29-11+;/t10?,14?,16-,17?,22?,27-;/m0./s1. The summed E-state index contributed by atoms with van der Waals surface area (Å²) in [7, 11) is 1.34. The second-order valence-electron chi connectivity index (χ2n) is 10.3. The van der Waals surface area contributed by atoms with Crippen LogP contribution in [0.15, 0.2) is 23.4 Å². The highest BCUT2D eigenvalue weighted by atomic mass is 35.5. The molecule has 0 radical (unpaired) electrons. The van der Waals surface area contributed by atoms with Crippen LogP contribution in [0.2, 0.25) is 0 Å². The SMILES string of the molecule is COc1cccc2c1C(=O)c1c(O)c3c(c(O)c1C2=O)C[C@@](O)(/C(C)=N/O)C[C@@H]3OC1CC(N)C(O)C(C)O1.Cl. The van der Waals surface area contributed by atoms with E-state index in [9.17, 15) is 35.2 Å². The number of fused-ring (bicyclic) bond motifs is 3. The lowest BCUT2D eigenvalue weighted by molar-refractivity contribution is -0.245. The maximum atomic E-state index is 13.7. The zero-order valence-corrected chi connectivity index (χ0v) is 22.8. The van der Waals surface area contributed by atoms with E-state index in [1.54, 1.807) is 6.92 Å². The van der Waals surface area contributed by atoms with E-state index in [1.807, 2.05) is 0 Å². The van der Waals surface area contributed by atoms with E-state index in [-0.39, 0.29) is 65.4 Å². The van der Waals surface area contributed by atoms with Crippen LogP contribution in [-0.2, 0) is 15.9 Å². The minimum atomic E-state index is -1.85. The zero-order valence-electron chi connectivity index (χ0n) is 22.0. The third kappa shape index (κ3) is 4.41. The highest BCUT2D eigenvalue weighted by Crippen LogP contribution is 2.52. The van der Waals surface area contributed by atoms with Crippen molar-refractivity contribution in [3.05, 3.63) is 51.6 Å². The van der Waals surface area contributed by atoms with E-state index in [0.717, 1.165) is 0 Å². The van der Waals surface area contributed by atoms with Crippen LogP contribution in [0, 0.1) is 0 Å². The van der Waals surface area contributed by atoms with E-state index in [4.69, 9.17) is 19.9 Å². The maximum Gasteiger partial charge on any atom is 0.202 e. The lowest BCUT2D eigenvalue weighted by atomic mass is 9.72. The molecule has 1 aliphatic heterocycles. The van der Waals surface area contributed by atoms with Gasteiger partial charge in [0.15, 0.2) is 12.1 Å². The number of nitrogens with two attached hydrogens (primary N) is 1. The molecule has 3 aliphatic rings. The number of hydrogen-bond acceptors (Lipinski definition) is 12. The summed E-state index contributed by atoms with van der Waals surface area (Å²) in [5, 5.41) is 57.1. The molecule has 0 amide bonds. The number of carbonyl (C=O) groups excluding carboxylic acids is 2. The van der Waals surface area contributed by atoms with Gasteiger partial charge in [-0.25, -0.2) is 0 Å². The van der Waals surface area contributed by atoms with Gasteiger partial charge in [0.1, 0.15) is 22.8 Å². The van der Waals surface area contributed by atoms with Crippen molar-refractivity contribution in [1.29, 1.82) is 0 Å². The average Bonchev–Trinajstić information content (AvgIpc) is 2.90. The fraction of sp³-hybridized carbons (Fsp3) is 0.444. The minimum absolute atomic E-state index is 0. The number of methoxy groups -OCH3 is 1. The summed E-state index contributed by atoms with van der Waals surface area (Å²) in [5.41, 5.74) is 3.14. The summed E-state index contributed by atoms with van der Waals surface area (Å²) in [6, 6.07) is 3.77. The molecule has 1 heterocycles. The summed E-state index contributed by atoms with van der Waals surface area (Å²) < 4.78 is 17.2. The van der Waals surface area contributed by atoms with Gasteiger partial charge in [0.05, 0.1) is 47.8 Å². The number of phenols is 2. The molecule has 0 bridgehead atoms. The molecule has 2 aromatic rings. The Bertz CT molecular complexity index is 1400.